The van der Waals surface area contributed by atoms with Gasteiger partial charge in [0.2, 0.25) is 0 Å². The highest BCUT2D eigenvalue weighted by molar-refractivity contribution is 5.95. The van der Waals surface area contributed by atoms with E-state index in [-0.39, 0.29) is 23.4 Å². The Morgan fingerprint density at radius 1 is 1.24 bits per heavy atom. The zero-order chi connectivity index (χ0) is 18.6. The van der Waals surface area contributed by atoms with Gasteiger partial charge in [0.25, 0.3) is 0 Å². The minimum Gasteiger partial charge on any atom is -0.463 e. The Kier molecular flexibility index (Phi) is 5.71. The van der Waals surface area contributed by atoms with E-state index in [1.54, 1.807) is 6.92 Å². The van der Waals surface area contributed by atoms with Crippen LogP contribution in [0.25, 0.3) is 0 Å². The molecule has 25 heavy (non-hydrogen) atoms. The molecule has 1 aromatic rings. The van der Waals surface area contributed by atoms with Crippen LogP contribution in [-0.4, -0.2) is 18.6 Å². The molecular formula is C17H19F3N2O3. The zero-order valence-electron chi connectivity index (χ0n) is 13.9. The molecule has 1 aromatic carbocycles. The second-order valence-corrected chi connectivity index (χ2v) is 5.48. The van der Waals surface area contributed by atoms with E-state index in [9.17, 15) is 22.8 Å². The van der Waals surface area contributed by atoms with Gasteiger partial charge in [-0.25, -0.2) is 9.59 Å². The highest BCUT2D eigenvalue weighted by atomic mass is 19.4. The number of allylic oxidation sites excluding steroid dienone is 1. The Labute approximate surface area is 143 Å². The first-order valence-corrected chi connectivity index (χ1v) is 7.93. The number of benzene rings is 1. The number of hydrogen-bond donors (Lipinski definition) is 2. The van der Waals surface area contributed by atoms with Crippen molar-refractivity contribution in [1.29, 1.82) is 0 Å². The normalized spacial score (nSPS) is 17.8. The molecule has 1 heterocycles. The third kappa shape index (κ3) is 4.12. The van der Waals surface area contributed by atoms with Gasteiger partial charge in [0.05, 0.1) is 23.8 Å². The summed E-state index contributed by atoms with van der Waals surface area (Å²) in [5, 5.41) is 4.93. The summed E-state index contributed by atoms with van der Waals surface area (Å²) in [5.41, 5.74) is -0.812. The molecular weight excluding hydrogens is 337 g/mol. The predicted molar refractivity (Wildman–Crippen MR) is 84.4 cm³/mol. The third-order valence-corrected chi connectivity index (χ3v) is 3.73. The summed E-state index contributed by atoms with van der Waals surface area (Å²) in [6.07, 6.45) is -3.67. The number of carbonyl (C=O) groups excluding carboxylic acids is 2. The Bertz CT molecular complexity index is 699. The molecule has 8 heteroatoms. The fourth-order valence-electron chi connectivity index (χ4n) is 2.76. The molecule has 0 radical (unpaired) electrons. The molecule has 0 fully saturated rings. The minimum atomic E-state index is -4.61. The number of esters is 1. The Balaban J connectivity index is 2.63. The van der Waals surface area contributed by atoms with E-state index < -0.39 is 29.8 Å². The van der Waals surface area contributed by atoms with Crippen molar-refractivity contribution >= 4 is 12.0 Å². The van der Waals surface area contributed by atoms with E-state index in [4.69, 9.17) is 4.74 Å². The topological polar surface area (TPSA) is 67.4 Å². The molecule has 0 aliphatic carbocycles. The molecule has 1 unspecified atom stereocenters. The lowest BCUT2D eigenvalue weighted by Gasteiger charge is -2.30. The first-order chi connectivity index (χ1) is 11.8. The summed E-state index contributed by atoms with van der Waals surface area (Å²) < 4.78 is 45.1. The Morgan fingerprint density at radius 2 is 1.92 bits per heavy atom. The number of halogens is 3. The maximum atomic E-state index is 13.4. The molecule has 0 saturated carbocycles. The number of nitrogens with one attached hydrogen (secondary N) is 2. The molecule has 0 bridgehead atoms. The molecule has 5 nitrogen and oxygen atoms in total. The fourth-order valence-corrected chi connectivity index (χ4v) is 2.76. The van der Waals surface area contributed by atoms with Crippen molar-refractivity contribution in [2.45, 2.75) is 38.9 Å². The number of carbonyl (C=O) groups is 2. The lowest BCUT2D eigenvalue weighted by atomic mass is 9.90. The lowest BCUT2D eigenvalue weighted by molar-refractivity contribution is -0.141. The van der Waals surface area contributed by atoms with Crippen LogP contribution in [0.2, 0.25) is 0 Å². The average Bonchev–Trinajstić information content (AvgIpc) is 2.54. The van der Waals surface area contributed by atoms with Crippen molar-refractivity contribution in [1.82, 2.24) is 10.6 Å². The van der Waals surface area contributed by atoms with Crippen LogP contribution in [0.15, 0.2) is 35.5 Å². The quantitative estimate of drug-likeness (QED) is 0.791. The van der Waals surface area contributed by atoms with Crippen molar-refractivity contribution in [3.05, 3.63) is 46.7 Å². The average molecular weight is 356 g/mol. The number of amides is 2. The van der Waals surface area contributed by atoms with Gasteiger partial charge in [0.1, 0.15) is 0 Å². The van der Waals surface area contributed by atoms with Gasteiger partial charge in [-0.15, -0.1) is 0 Å². The van der Waals surface area contributed by atoms with Crippen LogP contribution in [-0.2, 0) is 15.7 Å². The van der Waals surface area contributed by atoms with Gasteiger partial charge in [-0.2, -0.15) is 13.2 Å². The monoisotopic (exact) mass is 356 g/mol. The second-order valence-electron chi connectivity index (χ2n) is 5.48. The second kappa shape index (κ2) is 7.58. The van der Waals surface area contributed by atoms with Crippen molar-refractivity contribution in [2.75, 3.05) is 6.61 Å². The standard InChI is InChI=1S/C17H19F3N2O3/c1-3-7-12-13(15(23)25-4-2)14(22-16(24)21-12)10-8-5-6-9-11(10)17(18,19)20/h5-6,8-9,14H,3-4,7H2,1-2H3,(H2,21,22,24). The molecule has 1 aliphatic rings. The molecule has 0 spiro atoms. The van der Waals surface area contributed by atoms with E-state index in [2.05, 4.69) is 10.6 Å². The molecule has 136 valence electrons. The molecule has 2 rings (SSSR count). The zero-order valence-corrected chi connectivity index (χ0v) is 13.9. The maximum Gasteiger partial charge on any atom is 0.416 e. The summed E-state index contributed by atoms with van der Waals surface area (Å²) in [7, 11) is 0. The van der Waals surface area contributed by atoms with Crippen LogP contribution in [0.4, 0.5) is 18.0 Å². The van der Waals surface area contributed by atoms with Crippen molar-refractivity contribution in [2.24, 2.45) is 0 Å². The van der Waals surface area contributed by atoms with E-state index in [0.717, 1.165) is 6.07 Å². The van der Waals surface area contributed by atoms with Crippen molar-refractivity contribution < 1.29 is 27.5 Å². The molecule has 1 aliphatic heterocycles. The highest BCUT2D eigenvalue weighted by Crippen LogP contribution is 2.38. The highest BCUT2D eigenvalue weighted by Gasteiger charge is 2.40. The first kappa shape index (κ1) is 18.8. The molecule has 0 aromatic heterocycles. The first-order valence-electron chi connectivity index (χ1n) is 7.93. The van der Waals surface area contributed by atoms with Gasteiger partial charge in [-0.3, -0.25) is 0 Å². The summed E-state index contributed by atoms with van der Waals surface area (Å²) >= 11 is 0. The lowest BCUT2D eigenvalue weighted by Crippen LogP contribution is -2.46. The fraction of sp³-hybridized carbons (Fsp3) is 0.412. The number of rotatable bonds is 5. The summed E-state index contributed by atoms with van der Waals surface area (Å²) in [6.45, 7) is 3.51. The molecule has 2 amide bonds. The summed E-state index contributed by atoms with van der Waals surface area (Å²) in [5.74, 6) is -0.750. The minimum absolute atomic E-state index is 0.000000000000000222. The van der Waals surface area contributed by atoms with Crippen molar-refractivity contribution in [3.8, 4) is 0 Å². The Morgan fingerprint density at radius 3 is 2.52 bits per heavy atom. The van der Waals surface area contributed by atoms with E-state index >= 15 is 0 Å². The number of hydrogen-bond acceptors (Lipinski definition) is 3. The smallest absolute Gasteiger partial charge is 0.416 e. The Hall–Kier alpha value is -2.51. The van der Waals surface area contributed by atoms with Crippen LogP contribution < -0.4 is 10.6 Å². The van der Waals surface area contributed by atoms with Crippen LogP contribution in [0, 0.1) is 0 Å². The van der Waals surface area contributed by atoms with E-state index in [1.165, 1.54) is 18.2 Å². The number of alkyl halides is 3. The molecule has 1 atom stereocenters. The van der Waals surface area contributed by atoms with Gasteiger partial charge >= 0.3 is 18.2 Å². The maximum absolute atomic E-state index is 13.4. The number of urea groups is 1. The van der Waals surface area contributed by atoms with Gasteiger partial charge < -0.3 is 15.4 Å². The SMILES string of the molecule is CCCC1=C(C(=O)OCC)C(c2ccccc2C(F)(F)F)NC(=O)N1. The largest absolute Gasteiger partial charge is 0.463 e. The van der Waals surface area contributed by atoms with Crippen LogP contribution >= 0.6 is 0 Å². The molecule has 2 N–H and O–H groups in total. The van der Waals surface area contributed by atoms with Gasteiger partial charge in [0.15, 0.2) is 0 Å². The third-order valence-electron chi connectivity index (χ3n) is 3.73. The number of ether oxygens (including phenoxy) is 1. The summed E-state index contributed by atoms with van der Waals surface area (Å²) in [6, 6.07) is 2.98. The predicted octanol–water partition coefficient (Wildman–Crippen LogP) is 3.68. The van der Waals surface area contributed by atoms with Crippen molar-refractivity contribution in [3.63, 3.8) is 0 Å². The molecule has 0 saturated heterocycles. The van der Waals surface area contributed by atoms with Crippen LogP contribution in [0.5, 0.6) is 0 Å². The summed E-state index contributed by atoms with van der Waals surface area (Å²) in [4.78, 5) is 24.3. The van der Waals surface area contributed by atoms with Crippen LogP contribution in [0.3, 0.4) is 0 Å². The van der Waals surface area contributed by atoms with Gasteiger partial charge in [-0.05, 0) is 25.0 Å². The van der Waals surface area contributed by atoms with E-state index in [0.29, 0.717) is 12.8 Å². The van der Waals surface area contributed by atoms with Crippen LogP contribution in [0.1, 0.15) is 43.9 Å². The van der Waals surface area contributed by atoms with Gasteiger partial charge in [-0.1, -0.05) is 31.5 Å². The van der Waals surface area contributed by atoms with Gasteiger partial charge in [0, 0.05) is 5.70 Å². The van der Waals surface area contributed by atoms with E-state index in [1.807, 2.05) is 6.92 Å².